The van der Waals surface area contributed by atoms with Crippen molar-refractivity contribution in [1.82, 2.24) is 0 Å². The van der Waals surface area contributed by atoms with Gasteiger partial charge in [-0.25, -0.2) is 9.59 Å². The zero-order valence-electron chi connectivity index (χ0n) is 18.5. The third-order valence-electron chi connectivity index (χ3n) is 4.55. The second kappa shape index (κ2) is 14.5. The number of carboxylic acids is 2. The summed E-state index contributed by atoms with van der Waals surface area (Å²) in [5.74, 6) is -1.68. The van der Waals surface area contributed by atoms with Crippen LogP contribution in [0, 0.1) is 0 Å². The third-order valence-corrected chi connectivity index (χ3v) is 4.55. The molecule has 2 N–H and O–H groups in total. The van der Waals surface area contributed by atoms with Crippen LogP contribution in [0.1, 0.15) is 73.1 Å². The summed E-state index contributed by atoms with van der Waals surface area (Å²) in [6.45, 7) is 4.29. The van der Waals surface area contributed by atoms with Crippen molar-refractivity contribution in [2.75, 3.05) is 0 Å². The van der Waals surface area contributed by atoms with E-state index in [9.17, 15) is 19.2 Å². The molecule has 0 unspecified atom stereocenters. The van der Waals surface area contributed by atoms with Crippen molar-refractivity contribution in [3.05, 3.63) is 83.0 Å². The van der Waals surface area contributed by atoms with Gasteiger partial charge in [0, 0.05) is 12.8 Å². The quantitative estimate of drug-likeness (QED) is 0.601. The number of ketones is 2. The Labute approximate surface area is 188 Å². The Morgan fingerprint density at radius 2 is 1.03 bits per heavy atom. The molecule has 3 rings (SSSR count). The zero-order valence-corrected chi connectivity index (χ0v) is 18.5. The normalized spacial score (nSPS) is 14.3. The van der Waals surface area contributed by atoms with E-state index in [1.54, 1.807) is 12.2 Å². The van der Waals surface area contributed by atoms with Crippen LogP contribution >= 0.6 is 0 Å². The van der Waals surface area contributed by atoms with E-state index in [1.807, 2.05) is 24.3 Å². The molecule has 0 saturated carbocycles. The maximum atomic E-state index is 10.7. The summed E-state index contributed by atoms with van der Waals surface area (Å²) in [5, 5.41) is 16.9. The molecule has 1 aromatic rings. The molecular formula is C26H30O6. The highest BCUT2D eigenvalue weighted by molar-refractivity contribution is 5.93. The minimum Gasteiger partial charge on any atom is -0.478 e. The molecule has 2 aliphatic carbocycles. The molecule has 6 nitrogen and oxygen atoms in total. The van der Waals surface area contributed by atoms with E-state index in [0.29, 0.717) is 12.8 Å². The SMILES string of the molecule is CCCC1=CCC(=O)C=C1.CCCC1=CCC(=O)C=C1.O=C(O)c1ccc(C(=O)O)cc1. The van der Waals surface area contributed by atoms with Gasteiger partial charge in [-0.05, 0) is 49.3 Å². The molecule has 0 bridgehead atoms. The van der Waals surface area contributed by atoms with Crippen LogP contribution < -0.4 is 0 Å². The molecule has 1 aromatic carbocycles. The minimum absolute atomic E-state index is 0.0833. The second-order valence-electron chi connectivity index (χ2n) is 7.25. The number of carbonyl (C=O) groups is 4. The van der Waals surface area contributed by atoms with E-state index in [-0.39, 0.29) is 22.7 Å². The third kappa shape index (κ3) is 10.5. The summed E-state index contributed by atoms with van der Waals surface area (Å²) in [4.78, 5) is 42.0. The zero-order chi connectivity index (χ0) is 23.9. The van der Waals surface area contributed by atoms with Crippen molar-refractivity contribution in [2.24, 2.45) is 0 Å². The fourth-order valence-electron chi connectivity index (χ4n) is 2.84. The molecule has 0 spiro atoms. The summed E-state index contributed by atoms with van der Waals surface area (Å²) < 4.78 is 0. The summed E-state index contributed by atoms with van der Waals surface area (Å²) in [6, 6.07) is 5.02. The van der Waals surface area contributed by atoms with Crippen molar-refractivity contribution in [2.45, 2.75) is 52.4 Å². The monoisotopic (exact) mass is 438 g/mol. The van der Waals surface area contributed by atoms with E-state index in [4.69, 9.17) is 10.2 Å². The van der Waals surface area contributed by atoms with Gasteiger partial charge in [0.25, 0.3) is 0 Å². The van der Waals surface area contributed by atoms with Gasteiger partial charge in [0.1, 0.15) is 0 Å². The van der Waals surface area contributed by atoms with Gasteiger partial charge in [0.05, 0.1) is 11.1 Å². The highest BCUT2D eigenvalue weighted by Gasteiger charge is 2.05. The van der Waals surface area contributed by atoms with Gasteiger partial charge in [-0.2, -0.15) is 0 Å². The first kappa shape index (κ1) is 26.5. The lowest BCUT2D eigenvalue weighted by Gasteiger charge is -2.02. The molecular weight excluding hydrogens is 408 g/mol. The Balaban J connectivity index is 0.000000241. The van der Waals surface area contributed by atoms with Crippen LogP contribution in [0.3, 0.4) is 0 Å². The maximum Gasteiger partial charge on any atom is 0.335 e. The molecule has 0 atom stereocenters. The molecule has 0 amide bonds. The van der Waals surface area contributed by atoms with Gasteiger partial charge in [0.2, 0.25) is 0 Å². The predicted molar refractivity (Wildman–Crippen MR) is 124 cm³/mol. The Bertz CT molecular complexity index is 853. The molecule has 32 heavy (non-hydrogen) atoms. The number of benzene rings is 1. The van der Waals surface area contributed by atoms with Crippen molar-refractivity contribution in [3.63, 3.8) is 0 Å². The van der Waals surface area contributed by atoms with Gasteiger partial charge in [0.15, 0.2) is 11.6 Å². The van der Waals surface area contributed by atoms with Crippen LogP contribution in [0.4, 0.5) is 0 Å². The van der Waals surface area contributed by atoms with Crippen molar-refractivity contribution in [3.8, 4) is 0 Å². The Morgan fingerprint density at radius 1 is 0.688 bits per heavy atom. The van der Waals surface area contributed by atoms with Gasteiger partial charge in [-0.3, -0.25) is 9.59 Å². The lowest BCUT2D eigenvalue weighted by Crippen LogP contribution is -1.99. The molecule has 170 valence electrons. The van der Waals surface area contributed by atoms with Gasteiger partial charge < -0.3 is 10.2 Å². The number of rotatable bonds is 6. The lowest BCUT2D eigenvalue weighted by atomic mass is 10.0. The smallest absolute Gasteiger partial charge is 0.335 e. The summed E-state index contributed by atoms with van der Waals surface area (Å²) >= 11 is 0. The van der Waals surface area contributed by atoms with Crippen LogP contribution in [0.25, 0.3) is 0 Å². The van der Waals surface area contributed by atoms with Crippen LogP contribution in [0.15, 0.2) is 71.9 Å². The van der Waals surface area contributed by atoms with E-state index in [2.05, 4.69) is 13.8 Å². The van der Waals surface area contributed by atoms with Gasteiger partial charge >= 0.3 is 11.9 Å². The number of allylic oxidation sites excluding steroid dienone is 8. The maximum absolute atomic E-state index is 10.7. The predicted octanol–water partition coefficient (Wildman–Crippen LogP) is 5.57. The lowest BCUT2D eigenvalue weighted by molar-refractivity contribution is -0.114. The highest BCUT2D eigenvalue weighted by atomic mass is 16.4. The molecule has 2 aliphatic rings. The van der Waals surface area contributed by atoms with E-state index < -0.39 is 11.9 Å². The van der Waals surface area contributed by atoms with Crippen molar-refractivity contribution < 1.29 is 29.4 Å². The second-order valence-corrected chi connectivity index (χ2v) is 7.25. The minimum atomic E-state index is -1.06. The molecule has 0 heterocycles. The fraction of sp³-hybridized carbons (Fsp3) is 0.308. The Morgan fingerprint density at radius 3 is 1.25 bits per heavy atom. The fourth-order valence-corrected chi connectivity index (χ4v) is 2.84. The van der Waals surface area contributed by atoms with Crippen molar-refractivity contribution in [1.29, 1.82) is 0 Å². The first-order chi connectivity index (χ1) is 15.3. The van der Waals surface area contributed by atoms with Crippen LogP contribution in [-0.2, 0) is 9.59 Å². The summed E-state index contributed by atoms with van der Waals surface area (Å²) in [6.07, 6.45) is 17.0. The molecule has 0 radical (unpaired) electrons. The van der Waals surface area contributed by atoms with Gasteiger partial charge in [-0.15, -0.1) is 0 Å². The Hall–Kier alpha value is -3.54. The summed E-state index contributed by atoms with van der Waals surface area (Å²) in [5.41, 5.74) is 2.78. The molecule has 0 fully saturated rings. The average Bonchev–Trinajstić information content (AvgIpc) is 2.78. The van der Waals surface area contributed by atoms with Gasteiger partial charge in [-0.1, -0.05) is 62.1 Å². The molecule has 0 aliphatic heterocycles. The number of carboxylic acid groups (broad SMARTS) is 2. The number of carbonyl (C=O) groups excluding carboxylic acids is 2. The van der Waals surface area contributed by atoms with E-state index >= 15 is 0 Å². The first-order valence-corrected chi connectivity index (χ1v) is 10.6. The number of hydrogen-bond donors (Lipinski definition) is 2. The molecule has 6 heteroatoms. The first-order valence-electron chi connectivity index (χ1n) is 10.6. The van der Waals surface area contributed by atoms with E-state index in [0.717, 1.165) is 25.7 Å². The van der Waals surface area contributed by atoms with Crippen LogP contribution in [0.2, 0.25) is 0 Å². The van der Waals surface area contributed by atoms with Crippen LogP contribution in [0.5, 0.6) is 0 Å². The molecule has 0 saturated heterocycles. The van der Waals surface area contributed by atoms with Crippen molar-refractivity contribution >= 4 is 23.5 Å². The highest BCUT2D eigenvalue weighted by Crippen LogP contribution is 2.13. The number of hydrogen-bond acceptors (Lipinski definition) is 4. The summed E-state index contributed by atoms with van der Waals surface area (Å²) in [7, 11) is 0. The topological polar surface area (TPSA) is 109 Å². The number of aromatic carboxylic acids is 2. The largest absolute Gasteiger partial charge is 0.478 e. The van der Waals surface area contributed by atoms with Crippen LogP contribution in [-0.4, -0.2) is 33.7 Å². The molecule has 0 aromatic heterocycles. The Kier molecular flexibility index (Phi) is 12.0. The standard InChI is InChI=1S/2C9H12O.C8H6O4/c2*1-2-3-8-4-6-9(10)7-5-8;9-7(10)5-1-2-6(4-3-5)8(11)12/h2*4-6H,2-3,7H2,1H3;1-4H,(H,9,10)(H,11,12). The van der Waals surface area contributed by atoms with E-state index in [1.165, 1.54) is 35.4 Å². The average molecular weight is 439 g/mol.